The van der Waals surface area contributed by atoms with Crippen LogP contribution in [0.2, 0.25) is 0 Å². The Balaban J connectivity index is 1.50. The summed E-state index contributed by atoms with van der Waals surface area (Å²) in [6, 6.07) is 6.44. The summed E-state index contributed by atoms with van der Waals surface area (Å²) in [7, 11) is 0. The average Bonchev–Trinajstić information content (AvgIpc) is 2.96. The number of rotatable bonds is 13. The molecular formula is C23H33NO4. The van der Waals surface area contributed by atoms with Crippen LogP contribution in [-0.4, -0.2) is 29.4 Å². The Morgan fingerprint density at radius 2 is 1.18 bits per heavy atom. The predicted octanol–water partition coefficient (Wildman–Crippen LogP) is 6.12. The highest BCUT2D eigenvalue weighted by atomic mass is 16.6. The van der Waals surface area contributed by atoms with Gasteiger partial charge in [0.05, 0.1) is 17.7 Å². The molecule has 1 aromatic rings. The maximum atomic E-state index is 12.2. The summed E-state index contributed by atoms with van der Waals surface area (Å²) < 4.78 is 5.14. The minimum atomic E-state index is -0.866. The van der Waals surface area contributed by atoms with Crippen LogP contribution < -0.4 is 0 Å². The second kappa shape index (κ2) is 12.3. The molecule has 1 heterocycles. The van der Waals surface area contributed by atoms with E-state index in [-0.39, 0.29) is 17.7 Å². The fourth-order valence-corrected chi connectivity index (χ4v) is 3.52. The van der Waals surface area contributed by atoms with Gasteiger partial charge in [0, 0.05) is 0 Å². The molecule has 0 unspecified atom stereocenters. The van der Waals surface area contributed by atoms with E-state index in [1.165, 1.54) is 57.8 Å². The smallest absolute Gasteiger partial charge is 0.424 e. The van der Waals surface area contributed by atoms with Gasteiger partial charge in [-0.1, -0.05) is 89.7 Å². The second-order valence-corrected chi connectivity index (χ2v) is 7.49. The van der Waals surface area contributed by atoms with Crippen molar-refractivity contribution in [1.82, 2.24) is 4.90 Å². The first kappa shape index (κ1) is 22.1. The van der Waals surface area contributed by atoms with Crippen molar-refractivity contribution >= 4 is 17.9 Å². The fourth-order valence-electron chi connectivity index (χ4n) is 3.52. The van der Waals surface area contributed by atoms with Crippen LogP contribution in [0.4, 0.5) is 4.79 Å². The average molecular weight is 388 g/mol. The predicted molar refractivity (Wildman–Crippen MR) is 109 cm³/mol. The number of carbonyl (C=O) groups is 3. The lowest BCUT2D eigenvalue weighted by atomic mass is 10.1. The summed E-state index contributed by atoms with van der Waals surface area (Å²) in [5, 5.41) is 0. The normalized spacial score (nSPS) is 13.1. The Bertz CT molecular complexity index is 621. The third kappa shape index (κ3) is 6.47. The van der Waals surface area contributed by atoms with Crippen molar-refractivity contribution in [2.45, 2.75) is 84.0 Å². The third-order valence-electron chi connectivity index (χ3n) is 5.20. The maximum absolute atomic E-state index is 12.2. The van der Waals surface area contributed by atoms with Gasteiger partial charge in [-0.2, -0.15) is 4.90 Å². The van der Waals surface area contributed by atoms with Gasteiger partial charge < -0.3 is 4.74 Å². The Labute approximate surface area is 168 Å². The molecule has 0 N–H and O–H groups in total. The standard InChI is InChI=1S/C23H33NO4/c1-2-3-4-5-6-7-8-9-10-11-12-15-18-28-23(27)24-21(25)19-16-13-14-17-20(19)22(24)26/h13-14,16-17H,2-12,15,18H2,1H3. The molecule has 1 aliphatic heterocycles. The summed E-state index contributed by atoms with van der Waals surface area (Å²) in [5.74, 6) is -1.19. The molecule has 1 aromatic carbocycles. The summed E-state index contributed by atoms with van der Waals surface area (Å²) in [6.45, 7) is 2.48. The molecule has 0 fully saturated rings. The number of unbranched alkanes of at least 4 members (excludes halogenated alkanes) is 11. The van der Waals surface area contributed by atoms with Gasteiger partial charge in [-0.3, -0.25) is 9.59 Å². The zero-order valence-electron chi connectivity index (χ0n) is 17.1. The number of carbonyl (C=O) groups excluding carboxylic acids is 3. The van der Waals surface area contributed by atoms with E-state index in [0.29, 0.717) is 4.90 Å². The van der Waals surface area contributed by atoms with Crippen molar-refractivity contribution in [3.8, 4) is 0 Å². The molecule has 0 saturated heterocycles. The molecule has 154 valence electrons. The van der Waals surface area contributed by atoms with E-state index in [0.717, 1.165) is 19.3 Å². The van der Waals surface area contributed by atoms with Crippen molar-refractivity contribution in [2.75, 3.05) is 6.61 Å². The number of amides is 3. The van der Waals surface area contributed by atoms with Crippen LogP contribution in [0.3, 0.4) is 0 Å². The highest BCUT2D eigenvalue weighted by Gasteiger charge is 2.40. The molecule has 0 aromatic heterocycles. The number of hydrogen-bond acceptors (Lipinski definition) is 4. The van der Waals surface area contributed by atoms with Crippen LogP contribution >= 0.6 is 0 Å². The Morgan fingerprint density at radius 3 is 1.64 bits per heavy atom. The molecule has 2 rings (SSSR count). The van der Waals surface area contributed by atoms with Gasteiger partial charge in [-0.25, -0.2) is 4.79 Å². The molecule has 3 amide bonds. The lowest BCUT2D eigenvalue weighted by Gasteiger charge is -2.12. The quantitative estimate of drug-likeness (QED) is 0.302. The topological polar surface area (TPSA) is 63.7 Å². The van der Waals surface area contributed by atoms with Crippen molar-refractivity contribution in [3.05, 3.63) is 35.4 Å². The number of ether oxygens (including phenoxy) is 1. The molecule has 28 heavy (non-hydrogen) atoms. The van der Waals surface area contributed by atoms with Gasteiger partial charge in [-0.05, 0) is 18.6 Å². The molecule has 5 nitrogen and oxygen atoms in total. The fraction of sp³-hybridized carbons (Fsp3) is 0.609. The largest absolute Gasteiger partial charge is 0.449 e. The number of nitrogens with zero attached hydrogens (tertiary/aromatic N) is 1. The third-order valence-corrected chi connectivity index (χ3v) is 5.20. The maximum Gasteiger partial charge on any atom is 0.424 e. The van der Waals surface area contributed by atoms with Gasteiger partial charge in [0.25, 0.3) is 11.8 Å². The lowest BCUT2D eigenvalue weighted by Crippen LogP contribution is -2.36. The van der Waals surface area contributed by atoms with Gasteiger partial charge in [0.15, 0.2) is 0 Å². The molecular weight excluding hydrogens is 354 g/mol. The Hall–Kier alpha value is -2.17. The summed E-state index contributed by atoms with van der Waals surface area (Å²) >= 11 is 0. The zero-order chi connectivity index (χ0) is 20.2. The minimum Gasteiger partial charge on any atom is -0.449 e. The van der Waals surface area contributed by atoms with Crippen LogP contribution in [0.15, 0.2) is 24.3 Å². The van der Waals surface area contributed by atoms with Crippen LogP contribution in [0.5, 0.6) is 0 Å². The molecule has 0 atom stereocenters. The molecule has 1 aliphatic rings. The first-order valence-electron chi connectivity index (χ1n) is 10.8. The zero-order valence-corrected chi connectivity index (χ0v) is 17.1. The summed E-state index contributed by atoms with van der Waals surface area (Å²) in [4.78, 5) is 37.1. The first-order valence-corrected chi connectivity index (χ1v) is 10.8. The monoisotopic (exact) mass is 387 g/mol. The molecule has 5 heteroatoms. The van der Waals surface area contributed by atoms with Crippen LogP contribution in [0, 0.1) is 0 Å². The number of fused-ring (bicyclic) bond motifs is 1. The highest BCUT2D eigenvalue weighted by molar-refractivity contribution is 6.27. The van der Waals surface area contributed by atoms with E-state index in [9.17, 15) is 14.4 Å². The number of imide groups is 3. The van der Waals surface area contributed by atoms with Gasteiger partial charge in [0.1, 0.15) is 0 Å². The van der Waals surface area contributed by atoms with E-state index >= 15 is 0 Å². The number of hydrogen-bond donors (Lipinski definition) is 0. The Kier molecular flexibility index (Phi) is 9.73. The molecule has 0 bridgehead atoms. The van der Waals surface area contributed by atoms with E-state index in [4.69, 9.17) is 4.74 Å². The Morgan fingerprint density at radius 1 is 0.750 bits per heavy atom. The lowest BCUT2D eigenvalue weighted by molar-refractivity contribution is 0.0584. The van der Waals surface area contributed by atoms with E-state index in [2.05, 4.69) is 6.92 Å². The van der Waals surface area contributed by atoms with Crippen molar-refractivity contribution in [2.24, 2.45) is 0 Å². The SMILES string of the molecule is CCCCCCCCCCCCCCOC(=O)N1C(=O)c2ccccc2C1=O. The van der Waals surface area contributed by atoms with Gasteiger partial charge in [-0.15, -0.1) is 0 Å². The van der Waals surface area contributed by atoms with E-state index in [1.54, 1.807) is 24.3 Å². The molecule has 0 spiro atoms. The summed E-state index contributed by atoms with van der Waals surface area (Å²) in [5.41, 5.74) is 0.518. The van der Waals surface area contributed by atoms with E-state index in [1.807, 2.05) is 0 Å². The molecule has 0 saturated carbocycles. The summed E-state index contributed by atoms with van der Waals surface area (Å²) in [6.07, 6.45) is 13.9. The van der Waals surface area contributed by atoms with Crippen LogP contribution in [0.25, 0.3) is 0 Å². The second-order valence-electron chi connectivity index (χ2n) is 7.49. The number of benzene rings is 1. The van der Waals surface area contributed by atoms with Gasteiger partial charge in [0.2, 0.25) is 0 Å². The van der Waals surface area contributed by atoms with Crippen LogP contribution in [0.1, 0.15) is 105 Å². The molecule has 0 aliphatic carbocycles. The molecule has 0 radical (unpaired) electrons. The van der Waals surface area contributed by atoms with Crippen LogP contribution in [-0.2, 0) is 4.74 Å². The van der Waals surface area contributed by atoms with Gasteiger partial charge >= 0.3 is 6.09 Å². The highest BCUT2D eigenvalue weighted by Crippen LogP contribution is 2.23. The van der Waals surface area contributed by atoms with Crippen molar-refractivity contribution < 1.29 is 19.1 Å². The van der Waals surface area contributed by atoms with Crippen molar-refractivity contribution in [1.29, 1.82) is 0 Å². The van der Waals surface area contributed by atoms with E-state index < -0.39 is 17.9 Å². The minimum absolute atomic E-state index is 0.240. The van der Waals surface area contributed by atoms with Crippen molar-refractivity contribution in [3.63, 3.8) is 0 Å². The first-order chi connectivity index (χ1) is 13.7.